The number of anilines is 3. The molecule has 1 atom stereocenters. The second kappa shape index (κ2) is 21.8. The Morgan fingerprint density at radius 3 is 1.74 bits per heavy atom. The van der Waals surface area contributed by atoms with E-state index in [-0.39, 0.29) is 0 Å². The summed E-state index contributed by atoms with van der Waals surface area (Å²) in [5.41, 5.74) is 26.7. The molecule has 4 aliphatic carbocycles. The van der Waals surface area contributed by atoms with Crippen molar-refractivity contribution >= 4 is 55.2 Å². The number of benzene rings is 12. The van der Waals surface area contributed by atoms with E-state index in [2.05, 4.69) is 325 Å². The predicted octanol–water partition coefficient (Wildman–Crippen LogP) is 22.8. The van der Waals surface area contributed by atoms with Gasteiger partial charge in [0.1, 0.15) is 0 Å². The lowest BCUT2D eigenvalue weighted by atomic mass is 9.64. The first-order valence-corrected chi connectivity index (χ1v) is 31.5. The summed E-state index contributed by atoms with van der Waals surface area (Å²) < 4.78 is 2.51. The van der Waals surface area contributed by atoms with E-state index in [0.29, 0.717) is 0 Å². The zero-order valence-electron chi connectivity index (χ0n) is 49.7. The SMILES string of the molecule is C1=CCCC(C2(c3ccccc3)C3=C(CCC=C3)c3ccc(N(c4ccccc4-c4ccccc4-c4ccc5c6ccccc6n(-c6ccc7c(c6)-c6ccccc6C7(c6ccccc6)c6ccccc6)c5c4)c4cccc5ccccc45)cc32)=C1.CC. The van der Waals surface area contributed by atoms with Crippen LogP contribution in [-0.4, -0.2) is 4.57 Å². The van der Waals surface area contributed by atoms with Crippen LogP contribution < -0.4 is 4.90 Å². The Kier molecular flexibility index (Phi) is 13.1. The molecule has 17 rings (SSSR count). The number of nitrogens with zero attached hydrogens (tertiary/aromatic N) is 2. The van der Waals surface area contributed by atoms with Crippen LogP contribution in [0.25, 0.3) is 77.2 Å². The zero-order chi connectivity index (χ0) is 58.8. The summed E-state index contributed by atoms with van der Waals surface area (Å²) in [7, 11) is 0. The van der Waals surface area contributed by atoms with Gasteiger partial charge in [-0.3, -0.25) is 0 Å². The number of fused-ring (bicyclic) bond motifs is 9. The van der Waals surface area contributed by atoms with E-state index in [0.717, 1.165) is 59.6 Å². The normalized spacial score (nSPS) is 16.0. The minimum Gasteiger partial charge on any atom is -0.309 e. The number of para-hydroxylation sites is 2. The molecule has 0 spiro atoms. The highest BCUT2D eigenvalue weighted by atomic mass is 15.1. The molecule has 4 aliphatic rings. The first-order chi connectivity index (χ1) is 43.7. The molecule has 0 aliphatic heterocycles. The fourth-order valence-corrected chi connectivity index (χ4v) is 15.8. The molecule has 0 N–H and O–H groups in total. The van der Waals surface area contributed by atoms with Crippen molar-refractivity contribution in [3.05, 3.63) is 366 Å². The Bertz CT molecular complexity index is 4950. The van der Waals surface area contributed by atoms with Gasteiger partial charge in [0, 0.05) is 33.1 Å². The molecule has 88 heavy (non-hydrogen) atoms. The van der Waals surface area contributed by atoms with E-state index in [1.54, 1.807) is 0 Å². The number of rotatable bonds is 10. The number of aromatic nitrogens is 1. The largest absolute Gasteiger partial charge is 0.309 e. The van der Waals surface area contributed by atoms with Crippen LogP contribution in [0.3, 0.4) is 0 Å². The maximum Gasteiger partial charge on any atom is 0.0713 e. The van der Waals surface area contributed by atoms with Crippen LogP contribution in [0.15, 0.2) is 327 Å². The molecule has 420 valence electrons. The number of hydrogen-bond acceptors (Lipinski definition) is 1. The maximum absolute atomic E-state index is 2.56. The molecule has 0 radical (unpaired) electrons. The van der Waals surface area contributed by atoms with E-state index in [1.165, 1.54) is 110 Å². The monoisotopic (exact) mass is 1130 g/mol. The summed E-state index contributed by atoms with van der Waals surface area (Å²) in [6.07, 6.45) is 16.0. The summed E-state index contributed by atoms with van der Waals surface area (Å²) in [6, 6.07) is 107. The third-order valence-electron chi connectivity index (χ3n) is 19.3. The summed E-state index contributed by atoms with van der Waals surface area (Å²) in [4.78, 5) is 2.56. The van der Waals surface area contributed by atoms with Gasteiger partial charge in [-0.15, -0.1) is 0 Å². The Morgan fingerprint density at radius 1 is 0.375 bits per heavy atom. The lowest BCUT2D eigenvalue weighted by molar-refractivity contribution is 0.685. The van der Waals surface area contributed by atoms with E-state index in [1.807, 2.05) is 13.8 Å². The van der Waals surface area contributed by atoms with Gasteiger partial charge in [-0.2, -0.15) is 0 Å². The van der Waals surface area contributed by atoms with Gasteiger partial charge in [-0.1, -0.05) is 286 Å². The quantitative estimate of drug-likeness (QED) is 0.132. The maximum atomic E-state index is 2.56. The Morgan fingerprint density at radius 2 is 0.977 bits per heavy atom. The van der Waals surface area contributed by atoms with Crippen LogP contribution in [0.5, 0.6) is 0 Å². The highest BCUT2D eigenvalue weighted by Crippen LogP contribution is 2.61. The van der Waals surface area contributed by atoms with Crippen molar-refractivity contribution in [3.8, 4) is 39.1 Å². The second-order valence-electron chi connectivity index (χ2n) is 23.6. The van der Waals surface area contributed by atoms with Gasteiger partial charge in [-0.05, 0) is 158 Å². The second-order valence-corrected chi connectivity index (χ2v) is 23.6. The van der Waals surface area contributed by atoms with Gasteiger partial charge < -0.3 is 9.47 Å². The van der Waals surface area contributed by atoms with Gasteiger partial charge >= 0.3 is 0 Å². The lowest BCUT2D eigenvalue weighted by Gasteiger charge is -2.38. The third-order valence-corrected chi connectivity index (χ3v) is 19.3. The summed E-state index contributed by atoms with van der Waals surface area (Å²) in [5, 5.41) is 4.86. The van der Waals surface area contributed by atoms with E-state index in [9.17, 15) is 0 Å². The first kappa shape index (κ1) is 53.0. The molecule has 2 heteroatoms. The van der Waals surface area contributed by atoms with Crippen molar-refractivity contribution in [2.75, 3.05) is 4.90 Å². The van der Waals surface area contributed by atoms with Crippen molar-refractivity contribution < 1.29 is 0 Å². The fraction of sp³-hybridized carbons (Fsp3) is 0.0930. The Labute approximate surface area is 516 Å². The van der Waals surface area contributed by atoms with Crippen LogP contribution in [0.1, 0.15) is 78.5 Å². The minimum atomic E-state index is -0.476. The van der Waals surface area contributed by atoms with Crippen molar-refractivity contribution in [2.24, 2.45) is 0 Å². The average Bonchev–Trinajstić information content (AvgIpc) is 1.57. The van der Waals surface area contributed by atoms with Crippen LogP contribution >= 0.6 is 0 Å². The van der Waals surface area contributed by atoms with Gasteiger partial charge in [0.15, 0.2) is 0 Å². The summed E-state index contributed by atoms with van der Waals surface area (Å²) in [6.45, 7) is 4.00. The first-order valence-electron chi connectivity index (χ1n) is 31.5. The Balaban J connectivity index is 0.00000309. The van der Waals surface area contributed by atoms with Crippen molar-refractivity contribution in [1.29, 1.82) is 0 Å². The fourth-order valence-electron chi connectivity index (χ4n) is 15.8. The molecule has 0 saturated heterocycles. The molecule has 0 saturated carbocycles. The summed E-state index contributed by atoms with van der Waals surface area (Å²) >= 11 is 0. The van der Waals surface area contributed by atoms with Gasteiger partial charge in [0.25, 0.3) is 0 Å². The third kappa shape index (κ3) is 8.02. The molecule has 13 aromatic rings. The van der Waals surface area contributed by atoms with Crippen LogP contribution in [0.4, 0.5) is 17.1 Å². The molecule has 1 heterocycles. The molecule has 0 fully saturated rings. The molecular weight excluding hydrogens is 1060 g/mol. The minimum absolute atomic E-state index is 0.430. The van der Waals surface area contributed by atoms with E-state index < -0.39 is 10.8 Å². The van der Waals surface area contributed by atoms with Gasteiger partial charge in [0.05, 0.1) is 33.2 Å². The highest BCUT2D eigenvalue weighted by molar-refractivity contribution is 6.11. The highest BCUT2D eigenvalue weighted by Gasteiger charge is 2.49. The van der Waals surface area contributed by atoms with Crippen LogP contribution in [-0.2, 0) is 10.8 Å². The van der Waals surface area contributed by atoms with Crippen molar-refractivity contribution in [2.45, 2.75) is 50.4 Å². The number of hydrogen-bond donors (Lipinski definition) is 0. The lowest BCUT2D eigenvalue weighted by Crippen LogP contribution is -2.31. The molecule has 2 nitrogen and oxygen atoms in total. The van der Waals surface area contributed by atoms with Crippen LogP contribution in [0.2, 0.25) is 0 Å². The summed E-state index contributed by atoms with van der Waals surface area (Å²) in [5.74, 6) is 0. The van der Waals surface area contributed by atoms with E-state index in [4.69, 9.17) is 0 Å². The smallest absolute Gasteiger partial charge is 0.0713 e. The van der Waals surface area contributed by atoms with Gasteiger partial charge in [0.2, 0.25) is 0 Å². The molecule has 0 amide bonds. The molecular formula is C86H66N2. The zero-order valence-corrected chi connectivity index (χ0v) is 49.7. The Hall–Kier alpha value is -10.5. The van der Waals surface area contributed by atoms with E-state index >= 15 is 0 Å². The van der Waals surface area contributed by atoms with Crippen LogP contribution in [0, 0.1) is 0 Å². The van der Waals surface area contributed by atoms with Crippen molar-refractivity contribution in [3.63, 3.8) is 0 Å². The molecule has 12 aromatic carbocycles. The topological polar surface area (TPSA) is 8.17 Å². The van der Waals surface area contributed by atoms with Gasteiger partial charge in [-0.25, -0.2) is 0 Å². The van der Waals surface area contributed by atoms with Crippen molar-refractivity contribution in [1.82, 2.24) is 4.57 Å². The molecule has 0 bridgehead atoms. The standard InChI is InChI=1S/C84H60N2.C2H6/c1-5-28-59(29-6-1)83(60-30-7-2-8-31-60)76-44-22-18-40-69(76)74-55-63(50-53-77(74)83)86-81-46-24-20-42-72(81)73-51-48-58(54-82(73)86)65-36-15-16-38-67(65)71-41-19-23-45-80(71)85(79-47-25-27-57-26-13-14-37-66(57)79)64-49-52-70-68-39-17-21-43-75(68)84(78(70)56-64,61-32-9-3-10-33-61)62-34-11-4-12-35-62;1-2/h1-11,13-16,18-34,36-38,40-56H,12,17,35,39H2;1-2H3. The predicted molar refractivity (Wildman–Crippen MR) is 371 cm³/mol. The average molecular weight is 1130 g/mol. The molecule has 1 aromatic heterocycles. The molecule has 1 unspecified atom stereocenters. The number of allylic oxidation sites excluding steroid dienone is 8.